The number of carbonyl (C=O) groups is 1. The quantitative estimate of drug-likeness (QED) is 0.387. The molecule has 3 aromatic rings. The lowest BCUT2D eigenvalue weighted by molar-refractivity contribution is -0.120. The van der Waals surface area contributed by atoms with E-state index in [9.17, 15) is 26.4 Å². The molecule has 0 atom stereocenters. The second-order valence-electron chi connectivity index (χ2n) is 9.17. The topological polar surface area (TPSA) is 117 Å². The van der Waals surface area contributed by atoms with E-state index in [-0.39, 0.29) is 23.9 Å². The first-order chi connectivity index (χ1) is 16.1. The first kappa shape index (κ1) is 22.9. The molecule has 2 aliphatic rings. The molecule has 1 heterocycles. The van der Waals surface area contributed by atoms with Crippen molar-refractivity contribution in [2.45, 2.75) is 37.1 Å². The highest BCUT2D eigenvalue weighted by Gasteiger charge is 2.51. The van der Waals surface area contributed by atoms with Gasteiger partial charge in [0.1, 0.15) is 23.0 Å². The molecule has 0 saturated heterocycles. The molecular weight excluding hydrogens is 469 g/mol. The summed E-state index contributed by atoms with van der Waals surface area (Å²) in [6.07, 6.45) is 1.91. The maximum Gasteiger partial charge on any atom is 0.277 e. The third-order valence-corrected chi connectivity index (χ3v) is 7.96. The number of fused-ring (bicyclic) bond motifs is 1. The Morgan fingerprint density at radius 2 is 1.76 bits per heavy atom. The van der Waals surface area contributed by atoms with E-state index < -0.39 is 39.1 Å². The number of halogens is 3. The number of benzene rings is 2. The maximum absolute atomic E-state index is 14.5. The standard InChI is InChI=1S/C23H23F3N4O3S/c24-15-3-1-13(2-4-15)20-19(17-9-16(25)10-18(26)21(17)29-20)14-7-12(8-14)11-28-34(32,33)30-23(5-6-23)22(27)31/h1-4,9-10,12,14,28-30H,5-8,11H2,(H2,27,31)/t12-,14-. The van der Waals surface area contributed by atoms with E-state index in [1.165, 1.54) is 18.2 Å². The average Bonchev–Trinajstić information content (AvgIpc) is 3.41. The minimum absolute atomic E-state index is 0.00488. The smallest absolute Gasteiger partial charge is 0.277 e. The number of rotatable bonds is 8. The lowest BCUT2D eigenvalue weighted by atomic mass is 9.70. The van der Waals surface area contributed by atoms with Gasteiger partial charge in [0, 0.05) is 18.0 Å². The van der Waals surface area contributed by atoms with Crippen LogP contribution >= 0.6 is 0 Å². The molecule has 0 unspecified atom stereocenters. The fraction of sp³-hybridized carbons (Fsp3) is 0.348. The number of hydrogen-bond acceptors (Lipinski definition) is 3. The lowest BCUT2D eigenvalue weighted by Gasteiger charge is -2.36. The summed E-state index contributed by atoms with van der Waals surface area (Å²) < 4.78 is 71.4. The Bertz CT molecular complexity index is 1380. The molecule has 2 aromatic carbocycles. The summed E-state index contributed by atoms with van der Waals surface area (Å²) in [5.41, 5.74) is 6.20. The Morgan fingerprint density at radius 1 is 1.09 bits per heavy atom. The van der Waals surface area contributed by atoms with Crippen molar-refractivity contribution in [2.24, 2.45) is 11.7 Å². The zero-order valence-corrected chi connectivity index (χ0v) is 18.8. The normalized spacial score (nSPS) is 21.4. The predicted octanol–water partition coefficient (Wildman–Crippen LogP) is 3.19. The number of nitrogens with two attached hydrogens (primary N) is 1. The monoisotopic (exact) mass is 492 g/mol. The van der Waals surface area contributed by atoms with Gasteiger partial charge in [-0.1, -0.05) is 0 Å². The zero-order valence-electron chi connectivity index (χ0n) is 18.0. The Labute approximate surface area is 194 Å². The Hall–Kier alpha value is -2.89. The highest BCUT2D eigenvalue weighted by Crippen LogP contribution is 2.48. The highest BCUT2D eigenvalue weighted by atomic mass is 32.2. The third-order valence-electron chi connectivity index (χ3n) is 6.75. The summed E-state index contributed by atoms with van der Waals surface area (Å²) in [6, 6.07) is 7.81. The van der Waals surface area contributed by atoms with Crippen molar-refractivity contribution in [3.05, 3.63) is 59.4 Å². The van der Waals surface area contributed by atoms with Gasteiger partial charge in [0.15, 0.2) is 0 Å². The van der Waals surface area contributed by atoms with Crippen LogP contribution in [0.5, 0.6) is 0 Å². The molecule has 0 bridgehead atoms. The molecular formula is C23H23F3N4O3S. The SMILES string of the molecule is NC(=O)C1(NS(=O)(=O)NC[C@H]2C[C@H](c3c(-c4ccc(F)cc4)[nH]c4c(F)cc(F)cc43)C2)CC1. The molecule has 7 nitrogen and oxygen atoms in total. The fourth-order valence-corrected chi connectivity index (χ4v) is 6.04. The zero-order chi connectivity index (χ0) is 24.3. The lowest BCUT2D eigenvalue weighted by Crippen LogP contribution is -2.51. The van der Waals surface area contributed by atoms with Crippen molar-refractivity contribution in [3.63, 3.8) is 0 Å². The van der Waals surface area contributed by atoms with Gasteiger partial charge < -0.3 is 10.7 Å². The number of nitrogens with one attached hydrogen (secondary N) is 3. The Balaban J connectivity index is 1.35. The number of amides is 1. The molecule has 0 radical (unpaired) electrons. The van der Waals surface area contributed by atoms with Gasteiger partial charge in [-0.05, 0) is 79.0 Å². The molecule has 5 N–H and O–H groups in total. The molecule has 2 aliphatic carbocycles. The minimum atomic E-state index is -3.91. The molecule has 11 heteroatoms. The summed E-state index contributed by atoms with van der Waals surface area (Å²) in [4.78, 5) is 14.5. The Kier molecular flexibility index (Phi) is 5.45. The van der Waals surface area contributed by atoms with E-state index in [0.29, 0.717) is 42.3 Å². The van der Waals surface area contributed by atoms with Gasteiger partial charge in [-0.3, -0.25) is 4.79 Å². The van der Waals surface area contributed by atoms with Gasteiger partial charge >= 0.3 is 0 Å². The van der Waals surface area contributed by atoms with Crippen LogP contribution in [0.2, 0.25) is 0 Å². The molecule has 1 aromatic heterocycles. The Morgan fingerprint density at radius 3 is 2.38 bits per heavy atom. The van der Waals surface area contributed by atoms with Crippen molar-refractivity contribution >= 4 is 27.0 Å². The second kappa shape index (κ2) is 8.10. The first-order valence-electron chi connectivity index (χ1n) is 10.9. The number of carbonyl (C=O) groups excluding carboxylic acids is 1. The van der Waals surface area contributed by atoms with Crippen LogP contribution in [0.3, 0.4) is 0 Å². The largest absolute Gasteiger partial charge is 0.368 e. The van der Waals surface area contributed by atoms with Crippen molar-refractivity contribution in [3.8, 4) is 11.3 Å². The number of H-pyrrole nitrogens is 1. The van der Waals surface area contributed by atoms with Crippen LogP contribution in [0, 0.1) is 23.4 Å². The predicted molar refractivity (Wildman–Crippen MR) is 120 cm³/mol. The summed E-state index contributed by atoms with van der Waals surface area (Å²) in [7, 11) is -3.91. The van der Waals surface area contributed by atoms with E-state index in [1.54, 1.807) is 12.1 Å². The summed E-state index contributed by atoms with van der Waals surface area (Å²) in [5.74, 6) is -2.61. The highest BCUT2D eigenvalue weighted by molar-refractivity contribution is 7.87. The van der Waals surface area contributed by atoms with Gasteiger partial charge in [0.25, 0.3) is 10.2 Å². The molecule has 0 spiro atoms. The third kappa shape index (κ3) is 4.19. The van der Waals surface area contributed by atoms with Crippen molar-refractivity contribution in [1.29, 1.82) is 0 Å². The fourth-order valence-electron chi connectivity index (χ4n) is 4.69. The molecule has 180 valence electrons. The second-order valence-corrected chi connectivity index (χ2v) is 10.7. The van der Waals surface area contributed by atoms with Gasteiger partial charge in [-0.15, -0.1) is 0 Å². The van der Waals surface area contributed by atoms with Crippen LogP contribution in [0.25, 0.3) is 22.2 Å². The van der Waals surface area contributed by atoms with E-state index in [4.69, 9.17) is 5.73 Å². The van der Waals surface area contributed by atoms with Crippen molar-refractivity contribution < 1.29 is 26.4 Å². The van der Waals surface area contributed by atoms with Crippen LogP contribution in [0.1, 0.15) is 37.2 Å². The maximum atomic E-state index is 14.5. The molecule has 0 aliphatic heterocycles. The minimum Gasteiger partial charge on any atom is -0.368 e. The van der Waals surface area contributed by atoms with Crippen molar-refractivity contribution in [1.82, 2.24) is 14.4 Å². The molecule has 1 amide bonds. The van der Waals surface area contributed by atoms with Crippen LogP contribution < -0.4 is 15.2 Å². The molecule has 34 heavy (non-hydrogen) atoms. The first-order valence-corrected chi connectivity index (χ1v) is 12.4. The van der Waals surface area contributed by atoms with Crippen LogP contribution in [-0.4, -0.2) is 31.4 Å². The van der Waals surface area contributed by atoms with Crippen molar-refractivity contribution in [2.75, 3.05) is 6.54 Å². The van der Waals surface area contributed by atoms with E-state index >= 15 is 0 Å². The number of primary amides is 1. The van der Waals surface area contributed by atoms with E-state index in [1.807, 2.05) is 0 Å². The van der Waals surface area contributed by atoms with E-state index in [2.05, 4.69) is 14.4 Å². The van der Waals surface area contributed by atoms with Gasteiger partial charge in [-0.2, -0.15) is 13.1 Å². The average molecular weight is 493 g/mol. The molecule has 2 fully saturated rings. The molecule has 2 saturated carbocycles. The number of aromatic nitrogens is 1. The summed E-state index contributed by atoms with van der Waals surface area (Å²) >= 11 is 0. The summed E-state index contributed by atoms with van der Waals surface area (Å²) in [6.45, 7) is 0.150. The summed E-state index contributed by atoms with van der Waals surface area (Å²) in [5, 5.41) is 0.416. The van der Waals surface area contributed by atoms with Gasteiger partial charge in [0.05, 0.1) is 11.2 Å². The number of aromatic amines is 1. The van der Waals surface area contributed by atoms with Gasteiger partial charge in [-0.25, -0.2) is 17.9 Å². The number of hydrogen-bond donors (Lipinski definition) is 4. The van der Waals surface area contributed by atoms with E-state index in [0.717, 1.165) is 11.6 Å². The van der Waals surface area contributed by atoms with Crippen LogP contribution in [-0.2, 0) is 15.0 Å². The van der Waals surface area contributed by atoms with Crippen LogP contribution in [0.15, 0.2) is 36.4 Å². The van der Waals surface area contributed by atoms with Crippen LogP contribution in [0.4, 0.5) is 13.2 Å². The molecule has 5 rings (SSSR count). The van der Waals surface area contributed by atoms with Gasteiger partial charge in [0.2, 0.25) is 5.91 Å².